The van der Waals surface area contributed by atoms with Crippen LogP contribution in [0.4, 0.5) is 5.69 Å². The number of thiazole rings is 1. The van der Waals surface area contributed by atoms with E-state index < -0.39 is 29.5 Å². The van der Waals surface area contributed by atoms with Crippen LogP contribution in [0, 0.1) is 6.92 Å². The van der Waals surface area contributed by atoms with Gasteiger partial charge in [-0.1, -0.05) is 75.4 Å². The lowest BCUT2D eigenvalue weighted by molar-refractivity contribution is -0.117. The fourth-order valence-corrected chi connectivity index (χ4v) is 5.92. The third kappa shape index (κ3) is 5.18. The fraction of sp³-hybridized carbons (Fsp3) is 0.212. The molecule has 208 valence electrons. The molecule has 1 unspecified atom stereocenters. The Balaban J connectivity index is 1.62. The van der Waals surface area contributed by atoms with E-state index in [0.29, 0.717) is 32.4 Å². The van der Waals surface area contributed by atoms with E-state index in [-0.39, 0.29) is 11.0 Å². The minimum atomic E-state index is -0.894. The number of ether oxygens (including phenoxy) is 1. The Morgan fingerprint density at radius 2 is 1.59 bits per heavy atom. The number of rotatable bonds is 6. The zero-order valence-corrected chi connectivity index (χ0v) is 24.3. The molecule has 5 rings (SSSR count). The zero-order valence-electron chi connectivity index (χ0n) is 23.5. The van der Waals surface area contributed by atoms with Gasteiger partial charge >= 0.3 is 5.97 Å². The van der Waals surface area contributed by atoms with Crippen molar-refractivity contribution in [2.75, 3.05) is 12.0 Å². The standard InChI is InChI=1S/C33H30N2O5S/c1-19-29(41-30(34-19)21-9-7-6-8-10-21)27(36)25-26(20-11-15-23(16-12-20)33(2,3)4)35(31(38)28(25)37)24-17-13-22(14-18-24)32(39)40-5/h6-18,26,37H,1-5H3. The lowest BCUT2D eigenvalue weighted by Gasteiger charge is -2.28. The number of anilines is 1. The molecule has 4 aromatic rings. The van der Waals surface area contributed by atoms with Crippen LogP contribution >= 0.6 is 11.3 Å². The largest absolute Gasteiger partial charge is 0.503 e. The maximum Gasteiger partial charge on any atom is 0.337 e. The van der Waals surface area contributed by atoms with Crippen LogP contribution in [0.2, 0.25) is 0 Å². The van der Waals surface area contributed by atoms with Gasteiger partial charge in [0.25, 0.3) is 5.91 Å². The lowest BCUT2D eigenvalue weighted by Crippen LogP contribution is -2.31. The molecule has 0 aliphatic carbocycles. The summed E-state index contributed by atoms with van der Waals surface area (Å²) in [5.41, 5.74) is 3.78. The second-order valence-electron chi connectivity index (χ2n) is 10.9. The first-order valence-corrected chi connectivity index (χ1v) is 14.0. The molecule has 1 amide bonds. The van der Waals surface area contributed by atoms with Gasteiger partial charge in [0.05, 0.1) is 34.9 Å². The molecule has 8 heteroatoms. The summed E-state index contributed by atoms with van der Waals surface area (Å²) in [6.45, 7) is 8.07. The Labute approximate surface area is 242 Å². The summed E-state index contributed by atoms with van der Waals surface area (Å²) in [5.74, 6) is -2.27. The van der Waals surface area contributed by atoms with Crippen molar-refractivity contribution >= 4 is 34.7 Å². The SMILES string of the molecule is COC(=O)c1ccc(N2C(=O)C(O)=C(C(=O)c3sc(-c4ccccc4)nc3C)C2c2ccc(C(C)(C)C)cc2)cc1. The Bertz CT molecular complexity index is 1660. The number of aryl methyl sites for hydroxylation is 1. The summed E-state index contributed by atoms with van der Waals surface area (Å²) in [6, 6.07) is 22.7. The minimum absolute atomic E-state index is 0.0121. The first kappa shape index (κ1) is 28.0. The average Bonchev–Trinajstić information content (AvgIpc) is 3.49. The van der Waals surface area contributed by atoms with E-state index in [1.807, 2.05) is 54.6 Å². The number of carbonyl (C=O) groups is 3. The van der Waals surface area contributed by atoms with Crippen LogP contribution in [0.15, 0.2) is 90.2 Å². The topological polar surface area (TPSA) is 96.8 Å². The van der Waals surface area contributed by atoms with Gasteiger partial charge < -0.3 is 9.84 Å². The van der Waals surface area contributed by atoms with Gasteiger partial charge in [-0.3, -0.25) is 14.5 Å². The molecule has 0 fully saturated rings. The number of amides is 1. The summed E-state index contributed by atoms with van der Waals surface area (Å²) in [5, 5.41) is 11.9. The molecule has 0 saturated carbocycles. The van der Waals surface area contributed by atoms with Gasteiger partial charge in [0, 0.05) is 11.3 Å². The number of hydrogen-bond acceptors (Lipinski definition) is 7. The van der Waals surface area contributed by atoms with Crippen LogP contribution in [0.5, 0.6) is 0 Å². The second kappa shape index (κ2) is 10.8. The Morgan fingerprint density at radius 3 is 2.17 bits per heavy atom. The highest BCUT2D eigenvalue weighted by Gasteiger charge is 2.45. The second-order valence-corrected chi connectivity index (χ2v) is 11.9. The lowest BCUT2D eigenvalue weighted by atomic mass is 9.85. The molecule has 0 spiro atoms. The summed E-state index contributed by atoms with van der Waals surface area (Å²) < 4.78 is 4.79. The van der Waals surface area contributed by atoms with Gasteiger partial charge in [0.2, 0.25) is 5.78 Å². The van der Waals surface area contributed by atoms with Gasteiger partial charge in [0.1, 0.15) is 5.01 Å². The molecule has 41 heavy (non-hydrogen) atoms. The molecule has 1 atom stereocenters. The molecular formula is C33H30N2O5S. The fourth-order valence-electron chi connectivity index (χ4n) is 4.89. The average molecular weight is 567 g/mol. The maximum atomic E-state index is 14.1. The normalized spacial score (nSPS) is 15.4. The molecule has 1 aliphatic rings. The van der Waals surface area contributed by atoms with E-state index in [2.05, 4.69) is 25.8 Å². The van der Waals surface area contributed by atoms with Gasteiger partial charge in [0.15, 0.2) is 5.76 Å². The van der Waals surface area contributed by atoms with Gasteiger partial charge in [-0.2, -0.15) is 0 Å². The third-order valence-electron chi connectivity index (χ3n) is 7.14. The van der Waals surface area contributed by atoms with E-state index >= 15 is 0 Å². The van der Waals surface area contributed by atoms with Crippen molar-refractivity contribution in [1.82, 2.24) is 4.98 Å². The van der Waals surface area contributed by atoms with Crippen LogP contribution in [0.1, 0.15) is 63.7 Å². The highest BCUT2D eigenvalue weighted by Crippen LogP contribution is 2.43. The number of ketones is 1. The number of aromatic nitrogens is 1. The Kier molecular flexibility index (Phi) is 7.36. The number of aliphatic hydroxyl groups is 1. The van der Waals surface area contributed by atoms with Crippen LogP contribution < -0.4 is 4.90 Å². The summed E-state index contributed by atoms with van der Waals surface area (Å²) >= 11 is 1.23. The van der Waals surface area contributed by atoms with Crippen molar-refractivity contribution < 1.29 is 24.2 Å². The van der Waals surface area contributed by atoms with Gasteiger partial charge in [-0.15, -0.1) is 11.3 Å². The van der Waals surface area contributed by atoms with E-state index in [9.17, 15) is 19.5 Å². The first-order chi connectivity index (χ1) is 19.5. The molecule has 0 radical (unpaired) electrons. The van der Waals surface area contributed by atoms with Crippen LogP contribution in [0.3, 0.4) is 0 Å². The van der Waals surface area contributed by atoms with Crippen LogP contribution in [-0.4, -0.2) is 34.9 Å². The van der Waals surface area contributed by atoms with E-state index in [4.69, 9.17) is 4.74 Å². The monoisotopic (exact) mass is 566 g/mol. The summed E-state index contributed by atoms with van der Waals surface area (Å²) in [6.07, 6.45) is 0. The van der Waals surface area contributed by atoms with Gasteiger partial charge in [-0.05, 0) is 47.7 Å². The molecule has 0 bridgehead atoms. The van der Waals surface area contributed by atoms with E-state index in [1.54, 1.807) is 31.2 Å². The number of benzene rings is 3. The van der Waals surface area contributed by atoms with Crippen molar-refractivity contribution in [2.45, 2.75) is 39.2 Å². The first-order valence-electron chi connectivity index (χ1n) is 13.1. The molecule has 3 aromatic carbocycles. The molecule has 1 aromatic heterocycles. The Morgan fingerprint density at radius 1 is 0.951 bits per heavy atom. The smallest absolute Gasteiger partial charge is 0.337 e. The zero-order chi connectivity index (χ0) is 29.5. The van der Waals surface area contributed by atoms with Crippen LogP contribution in [-0.2, 0) is 14.9 Å². The highest BCUT2D eigenvalue weighted by molar-refractivity contribution is 7.17. The number of hydrogen-bond donors (Lipinski definition) is 1. The molecule has 7 nitrogen and oxygen atoms in total. The minimum Gasteiger partial charge on any atom is -0.503 e. The molecule has 0 saturated heterocycles. The van der Waals surface area contributed by atoms with Gasteiger partial charge in [-0.25, -0.2) is 9.78 Å². The number of Topliss-reactive ketones (excluding diaryl/α,β-unsaturated/α-hetero) is 1. The predicted octanol–water partition coefficient (Wildman–Crippen LogP) is 6.99. The van der Waals surface area contributed by atoms with Crippen molar-refractivity contribution in [3.8, 4) is 10.6 Å². The number of nitrogens with zero attached hydrogens (tertiary/aromatic N) is 2. The van der Waals surface area contributed by atoms with E-state index in [1.165, 1.54) is 23.3 Å². The highest BCUT2D eigenvalue weighted by atomic mass is 32.1. The Hall–Kier alpha value is -4.56. The van der Waals surface area contributed by atoms with E-state index in [0.717, 1.165) is 11.1 Å². The van der Waals surface area contributed by atoms with Crippen molar-refractivity contribution in [2.24, 2.45) is 0 Å². The molecule has 2 heterocycles. The van der Waals surface area contributed by atoms with Crippen LogP contribution in [0.25, 0.3) is 10.6 Å². The summed E-state index contributed by atoms with van der Waals surface area (Å²) in [4.78, 5) is 46.1. The van der Waals surface area contributed by atoms with Crippen molar-refractivity contribution in [1.29, 1.82) is 0 Å². The third-order valence-corrected chi connectivity index (χ3v) is 8.34. The number of esters is 1. The molecule has 1 aliphatic heterocycles. The number of aliphatic hydroxyl groups excluding tert-OH is 1. The number of carbonyl (C=O) groups excluding carboxylic acids is 3. The van der Waals surface area contributed by atoms with Crippen molar-refractivity contribution in [3.05, 3.63) is 117 Å². The quantitative estimate of drug-likeness (QED) is 0.200. The molecular weight excluding hydrogens is 536 g/mol. The predicted molar refractivity (Wildman–Crippen MR) is 159 cm³/mol. The maximum absolute atomic E-state index is 14.1. The van der Waals surface area contributed by atoms with Crippen molar-refractivity contribution in [3.63, 3.8) is 0 Å². The number of methoxy groups -OCH3 is 1. The summed E-state index contributed by atoms with van der Waals surface area (Å²) in [7, 11) is 1.29. The molecule has 1 N–H and O–H groups in total.